The lowest BCUT2D eigenvalue weighted by molar-refractivity contribution is -0.0542. The first-order valence-electron chi connectivity index (χ1n) is 10.6. The van der Waals surface area contributed by atoms with E-state index >= 15 is 0 Å². The number of rotatable bonds is 7. The molecule has 0 radical (unpaired) electrons. The highest BCUT2D eigenvalue weighted by atomic mass is 32.1. The van der Waals surface area contributed by atoms with Crippen LogP contribution in [0.2, 0.25) is 0 Å². The predicted molar refractivity (Wildman–Crippen MR) is 122 cm³/mol. The number of nitrogens with zero attached hydrogens (tertiary/aromatic N) is 4. The molecular formula is C22H30N4O4S. The zero-order valence-corrected chi connectivity index (χ0v) is 19.4. The average molecular weight is 447 g/mol. The first kappa shape index (κ1) is 23.3. The molecule has 4 rings (SSSR count). The third-order valence-corrected chi connectivity index (χ3v) is 6.25. The molecule has 0 atom stereocenters. The van der Waals surface area contributed by atoms with E-state index in [0.717, 1.165) is 22.3 Å². The number of carbonyl (C=O) groups is 2. The van der Waals surface area contributed by atoms with Crippen molar-refractivity contribution in [3.8, 4) is 0 Å². The molecule has 0 unspecified atom stereocenters. The molecule has 1 aromatic carbocycles. The van der Waals surface area contributed by atoms with Crippen molar-refractivity contribution < 1.29 is 19.1 Å². The van der Waals surface area contributed by atoms with Gasteiger partial charge in [-0.25, -0.2) is 4.98 Å². The van der Waals surface area contributed by atoms with Gasteiger partial charge in [-0.3, -0.25) is 14.0 Å². The number of likely N-dealkylation sites (N-methyl/N-ethyl adjacent to an activating group) is 1. The number of fused-ring (bicyclic) bond motifs is 3. The largest absolute Gasteiger partial charge is 0.348 e. The Morgan fingerprint density at radius 3 is 2.48 bits per heavy atom. The second kappa shape index (κ2) is 10.8. The summed E-state index contributed by atoms with van der Waals surface area (Å²) in [5.41, 5.74) is 2.19. The monoisotopic (exact) mass is 446 g/mol. The Morgan fingerprint density at radius 1 is 1.23 bits per heavy atom. The molecule has 8 nitrogen and oxygen atoms in total. The second-order valence-electron chi connectivity index (χ2n) is 7.20. The minimum atomic E-state index is -0.362. The molecule has 0 spiro atoms. The zero-order chi connectivity index (χ0) is 22.4. The molecule has 1 fully saturated rings. The fraction of sp³-hybridized carbons (Fsp3) is 0.500. The van der Waals surface area contributed by atoms with Crippen LogP contribution in [-0.4, -0.2) is 84.1 Å². The molecular weight excluding hydrogens is 416 g/mol. The van der Waals surface area contributed by atoms with Crippen LogP contribution in [0.1, 0.15) is 40.8 Å². The molecule has 9 heteroatoms. The summed E-state index contributed by atoms with van der Waals surface area (Å²) in [6.07, 6.45) is 2.20. The molecule has 0 bridgehead atoms. The molecule has 168 valence electrons. The van der Waals surface area contributed by atoms with E-state index in [0.29, 0.717) is 30.2 Å². The Hall–Kier alpha value is -2.33. The number of hydrogen-bond acceptors (Lipinski definition) is 7. The molecule has 0 saturated carbocycles. The van der Waals surface area contributed by atoms with Crippen LogP contribution in [0.4, 0.5) is 0 Å². The standard InChI is InChI=1S/C16H15N3O4S.C6H15N/c1-18(8-14-22-4-5-23-14)15(21)13-7-19-12-6-10(9-20)2-3-11(12)17-16(19)24-13;1-4-7(5-2)6-3/h2-3,6-7,9,14H,4-5,8H2,1H3;4-6H2,1-3H3. The van der Waals surface area contributed by atoms with Crippen molar-refractivity contribution in [2.24, 2.45) is 0 Å². The number of aldehydes is 1. The van der Waals surface area contributed by atoms with E-state index in [2.05, 4.69) is 30.7 Å². The fourth-order valence-electron chi connectivity index (χ4n) is 3.38. The highest BCUT2D eigenvalue weighted by Crippen LogP contribution is 2.25. The fourth-order valence-corrected chi connectivity index (χ4v) is 4.37. The second-order valence-corrected chi connectivity index (χ2v) is 8.21. The minimum absolute atomic E-state index is 0.107. The summed E-state index contributed by atoms with van der Waals surface area (Å²) in [6, 6.07) is 5.31. The summed E-state index contributed by atoms with van der Waals surface area (Å²) < 4.78 is 12.6. The SMILES string of the molecule is CCN(CC)CC.CN(CC1OCCO1)C(=O)c1cn2c(nc3ccc(C=O)cc32)s1. The van der Waals surface area contributed by atoms with Crippen LogP contribution in [0.3, 0.4) is 0 Å². The van der Waals surface area contributed by atoms with Gasteiger partial charge in [0.25, 0.3) is 5.91 Å². The third kappa shape index (κ3) is 5.48. The molecule has 0 N–H and O–H groups in total. The molecule has 1 aliphatic rings. The van der Waals surface area contributed by atoms with Gasteiger partial charge >= 0.3 is 0 Å². The van der Waals surface area contributed by atoms with Crippen molar-refractivity contribution in [1.82, 2.24) is 19.2 Å². The molecule has 31 heavy (non-hydrogen) atoms. The van der Waals surface area contributed by atoms with E-state index < -0.39 is 0 Å². The van der Waals surface area contributed by atoms with Gasteiger partial charge < -0.3 is 19.3 Å². The van der Waals surface area contributed by atoms with Gasteiger partial charge in [-0.15, -0.1) is 0 Å². The van der Waals surface area contributed by atoms with Crippen LogP contribution < -0.4 is 0 Å². The number of carbonyl (C=O) groups excluding carboxylic acids is 2. The maximum atomic E-state index is 12.6. The molecule has 1 saturated heterocycles. The van der Waals surface area contributed by atoms with Gasteiger partial charge in [-0.2, -0.15) is 0 Å². The molecule has 0 aliphatic carbocycles. The first-order chi connectivity index (χ1) is 15.0. The summed E-state index contributed by atoms with van der Waals surface area (Å²) in [5.74, 6) is -0.107. The number of thiazole rings is 1. The minimum Gasteiger partial charge on any atom is -0.348 e. The van der Waals surface area contributed by atoms with E-state index in [1.54, 1.807) is 36.3 Å². The molecule has 3 aromatic rings. The van der Waals surface area contributed by atoms with Gasteiger partial charge in [-0.1, -0.05) is 32.1 Å². The van der Waals surface area contributed by atoms with Crippen molar-refractivity contribution in [1.29, 1.82) is 0 Å². The number of aromatic nitrogens is 2. The van der Waals surface area contributed by atoms with Crippen LogP contribution in [0.5, 0.6) is 0 Å². The lowest BCUT2D eigenvalue weighted by Crippen LogP contribution is -2.34. The topological polar surface area (TPSA) is 76.4 Å². The summed E-state index contributed by atoms with van der Waals surface area (Å²) in [6.45, 7) is 11.6. The Bertz CT molecular complexity index is 1020. The van der Waals surface area contributed by atoms with Gasteiger partial charge in [0, 0.05) is 18.8 Å². The maximum absolute atomic E-state index is 12.6. The van der Waals surface area contributed by atoms with Gasteiger partial charge in [0.05, 0.1) is 30.8 Å². The first-order valence-corrected chi connectivity index (χ1v) is 11.4. The van der Waals surface area contributed by atoms with Crippen molar-refractivity contribution in [3.63, 3.8) is 0 Å². The summed E-state index contributed by atoms with van der Waals surface area (Å²) in [4.78, 5) is 33.3. The number of ether oxygens (including phenoxy) is 2. The number of benzene rings is 1. The highest BCUT2D eigenvalue weighted by Gasteiger charge is 2.23. The molecule has 2 aromatic heterocycles. The van der Waals surface area contributed by atoms with Crippen LogP contribution >= 0.6 is 11.3 Å². The Kier molecular flexibility index (Phi) is 8.14. The van der Waals surface area contributed by atoms with Crippen LogP contribution in [-0.2, 0) is 9.47 Å². The normalized spacial score (nSPS) is 14.2. The zero-order valence-electron chi connectivity index (χ0n) is 18.5. The molecule has 3 heterocycles. The lowest BCUT2D eigenvalue weighted by Gasteiger charge is -2.19. The summed E-state index contributed by atoms with van der Waals surface area (Å²) >= 11 is 1.32. The van der Waals surface area contributed by atoms with Crippen molar-refractivity contribution in [3.05, 3.63) is 34.8 Å². The van der Waals surface area contributed by atoms with E-state index in [4.69, 9.17) is 9.47 Å². The van der Waals surface area contributed by atoms with Crippen LogP contribution in [0.25, 0.3) is 16.0 Å². The van der Waals surface area contributed by atoms with Gasteiger partial charge in [-0.05, 0) is 37.8 Å². The highest BCUT2D eigenvalue weighted by molar-refractivity contribution is 7.18. The Morgan fingerprint density at radius 2 is 1.90 bits per heavy atom. The van der Waals surface area contributed by atoms with Crippen LogP contribution in [0, 0.1) is 0 Å². The number of amides is 1. The average Bonchev–Trinajstić information content (AvgIpc) is 3.51. The maximum Gasteiger partial charge on any atom is 0.265 e. The van der Waals surface area contributed by atoms with Gasteiger partial charge in [0.15, 0.2) is 11.3 Å². The number of imidazole rings is 1. The predicted octanol–water partition coefficient (Wildman–Crippen LogP) is 3.15. The van der Waals surface area contributed by atoms with Crippen molar-refractivity contribution in [2.45, 2.75) is 27.1 Å². The van der Waals surface area contributed by atoms with Crippen molar-refractivity contribution in [2.75, 3.05) is 46.4 Å². The van der Waals surface area contributed by atoms with Crippen molar-refractivity contribution >= 4 is 39.5 Å². The Balaban J connectivity index is 0.000000339. The van der Waals surface area contributed by atoms with E-state index in [1.165, 1.54) is 31.0 Å². The lowest BCUT2D eigenvalue weighted by atomic mass is 10.2. The van der Waals surface area contributed by atoms with Gasteiger partial charge in [0.1, 0.15) is 11.2 Å². The smallest absolute Gasteiger partial charge is 0.265 e. The van der Waals surface area contributed by atoms with Gasteiger partial charge in [0.2, 0.25) is 0 Å². The summed E-state index contributed by atoms with van der Waals surface area (Å²) in [5, 5.41) is 0. The van der Waals surface area contributed by atoms with E-state index in [1.807, 2.05) is 4.40 Å². The third-order valence-electron chi connectivity index (χ3n) is 5.28. The summed E-state index contributed by atoms with van der Waals surface area (Å²) in [7, 11) is 1.72. The number of hydrogen-bond donors (Lipinski definition) is 0. The van der Waals surface area contributed by atoms with Crippen LogP contribution in [0.15, 0.2) is 24.4 Å². The Labute approximate surface area is 186 Å². The van der Waals surface area contributed by atoms with E-state index in [-0.39, 0.29) is 12.2 Å². The quantitative estimate of drug-likeness (QED) is 0.519. The van der Waals surface area contributed by atoms with E-state index in [9.17, 15) is 9.59 Å². The molecule has 1 aliphatic heterocycles. The molecule has 1 amide bonds.